The molecule has 2 aromatic heterocycles. The van der Waals surface area contributed by atoms with E-state index >= 15 is 4.39 Å². The molecule has 0 spiro atoms. The summed E-state index contributed by atoms with van der Waals surface area (Å²) in [5.74, 6) is -1.16. The Morgan fingerprint density at radius 2 is 1.63 bits per heavy atom. The molecule has 0 radical (unpaired) electrons. The van der Waals surface area contributed by atoms with Gasteiger partial charge in [0.2, 0.25) is 11.8 Å². The molecule has 10 rings (SSSR count). The van der Waals surface area contributed by atoms with Gasteiger partial charge in [0.05, 0.1) is 44.2 Å². The first-order valence-electron chi connectivity index (χ1n) is 24.2. The van der Waals surface area contributed by atoms with Crippen molar-refractivity contribution in [1.82, 2.24) is 40.6 Å². The molecule has 70 heavy (non-hydrogen) atoms. The normalized spacial score (nSPS) is 22.7. The highest BCUT2D eigenvalue weighted by molar-refractivity contribution is 6.06. The molecule has 5 N–H and O–H groups in total. The van der Waals surface area contributed by atoms with E-state index in [0.717, 1.165) is 75.0 Å². The van der Waals surface area contributed by atoms with Gasteiger partial charge in [-0.05, 0) is 62.6 Å². The maximum absolute atomic E-state index is 16.6. The fourth-order valence-corrected chi connectivity index (χ4v) is 10.8. The molecular formula is C49H59F4N11O6. The summed E-state index contributed by atoms with van der Waals surface area (Å²) in [4.78, 5) is 57.1. The summed E-state index contributed by atoms with van der Waals surface area (Å²) in [7, 11) is 0. The number of hydrogen-bond donors (Lipinski definition) is 5. The molecule has 374 valence electrons. The van der Waals surface area contributed by atoms with Crippen LogP contribution in [0.5, 0.6) is 5.75 Å². The molecule has 0 aliphatic carbocycles. The number of amides is 3. The fraction of sp³-hybridized carbons (Fsp3) is 0.531. The number of hydrogen-bond acceptors (Lipinski definition) is 15. The van der Waals surface area contributed by atoms with Gasteiger partial charge in [0, 0.05) is 130 Å². The molecule has 2 aromatic carbocycles. The number of phenolic OH excluding ortho intramolecular Hbond substituents is 1. The number of phenols is 1. The van der Waals surface area contributed by atoms with Gasteiger partial charge < -0.3 is 45.2 Å². The molecule has 2 bridgehead atoms. The third-order valence-electron chi connectivity index (χ3n) is 14.5. The number of alkyl halides is 3. The number of nitrogens with zero attached hydrogens (tertiary/aromatic N) is 7. The molecule has 0 saturated carbocycles. The van der Waals surface area contributed by atoms with Crippen LogP contribution < -0.4 is 31.1 Å². The molecule has 8 heterocycles. The number of halogens is 4. The number of nitrogens with one attached hydrogen (secondary N) is 4. The quantitative estimate of drug-likeness (QED) is 0.0587. The first-order chi connectivity index (χ1) is 33.7. The van der Waals surface area contributed by atoms with Gasteiger partial charge in [-0.15, -0.1) is 0 Å². The molecule has 6 aliphatic rings. The van der Waals surface area contributed by atoms with Gasteiger partial charge in [0.25, 0.3) is 5.91 Å². The number of benzene rings is 2. The number of aromatic nitrogens is 2. The second-order valence-electron chi connectivity index (χ2n) is 19.6. The number of piperazine rings is 2. The molecule has 3 amide bonds. The minimum absolute atomic E-state index is 0.118. The van der Waals surface area contributed by atoms with E-state index < -0.39 is 46.5 Å². The van der Waals surface area contributed by atoms with Gasteiger partial charge in [-0.3, -0.25) is 34.5 Å². The van der Waals surface area contributed by atoms with E-state index in [-0.39, 0.29) is 41.2 Å². The van der Waals surface area contributed by atoms with Gasteiger partial charge >= 0.3 is 6.18 Å². The molecule has 21 heteroatoms. The van der Waals surface area contributed by atoms with Crippen molar-refractivity contribution in [2.24, 2.45) is 0 Å². The van der Waals surface area contributed by atoms with E-state index in [0.29, 0.717) is 101 Å². The Hall–Kier alpha value is -5.71. The Labute approximate surface area is 402 Å². The number of anilines is 3. The molecule has 4 aromatic rings. The Morgan fingerprint density at radius 1 is 0.886 bits per heavy atom. The second-order valence-corrected chi connectivity index (χ2v) is 19.6. The molecule has 5 saturated heterocycles. The minimum Gasteiger partial charge on any atom is -0.508 e. The van der Waals surface area contributed by atoms with Gasteiger partial charge in [0.15, 0.2) is 5.82 Å². The zero-order valence-electron chi connectivity index (χ0n) is 39.1. The molecule has 3 unspecified atom stereocenters. The van der Waals surface area contributed by atoms with Crippen LogP contribution in [0.1, 0.15) is 54.1 Å². The summed E-state index contributed by atoms with van der Waals surface area (Å²) < 4.78 is 70.6. The van der Waals surface area contributed by atoms with Crippen molar-refractivity contribution in [2.45, 2.75) is 69.0 Å². The largest absolute Gasteiger partial charge is 0.508 e. The van der Waals surface area contributed by atoms with Gasteiger partial charge in [0.1, 0.15) is 29.1 Å². The average molecular weight is 974 g/mol. The lowest BCUT2D eigenvalue weighted by atomic mass is 9.92. The maximum Gasteiger partial charge on any atom is 0.417 e. The predicted molar refractivity (Wildman–Crippen MR) is 253 cm³/mol. The maximum atomic E-state index is 16.6. The molecule has 5 fully saturated rings. The van der Waals surface area contributed by atoms with Crippen molar-refractivity contribution in [2.75, 3.05) is 114 Å². The summed E-state index contributed by atoms with van der Waals surface area (Å²) in [6.45, 7) is 12.5. The zero-order chi connectivity index (χ0) is 48.7. The number of piperidine rings is 1. The van der Waals surface area contributed by atoms with Crippen LogP contribution >= 0.6 is 0 Å². The van der Waals surface area contributed by atoms with Crippen LogP contribution in [-0.2, 0) is 31.8 Å². The number of carbonyl (C=O) groups excluding carboxylic acids is 3. The van der Waals surface area contributed by atoms with Gasteiger partial charge in [-0.25, -0.2) is 9.37 Å². The Balaban J connectivity index is 0.650. The monoisotopic (exact) mass is 973 g/mol. The lowest BCUT2D eigenvalue weighted by Crippen LogP contribution is -2.68. The van der Waals surface area contributed by atoms with E-state index in [1.54, 1.807) is 17.0 Å². The smallest absolute Gasteiger partial charge is 0.417 e. The predicted octanol–water partition coefficient (Wildman–Crippen LogP) is 3.75. The van der Waals surface area contributed by atoms with Crippen molar-refractivity contribution >= 4 is 45.8 Å². The summed E-state index contributed by atoms with van der Waals surface area (Å²) in [5.41, 5.74) is -0.0506. The third-order valence-corrected chi connectivity index (χ3v) is 14.5. The van der Waals surface area contributed by atoms with E-state index in [9.17, 15) is 32.7 Å². The summed E-state index contributed by atoms with van der Waals surface area (Å²) in [6, 6.07) is 9.64. The molecule has 17 nitrogen and oxygen atoms in total. The lowest BCUT2D eigenvalue weighted by molar-refractivity contribution is -0.138. The standard InChI is InChI=1S/C49H59F4N11O6/c1-48(27-63(28-48)41-22-34-36(45(58-41)62-24-30-5-6-31(25-62)57-30)23-54-44(43(34)50)35-21-32(65)7-8-38(35)49(51,52)53)56-11-17-69-19-20-70-18-16-60-12-14-61(15-13-60)29-55-39-4-2-3-33-37(39)26-64(47(33)68)40-9-10-42(66)59-46(40)67/h2-4,7-8,21-23,30-31,40,55-57,65H,5-6,9-20,24-29H2,1H3,(H,59,66,67). The summed E-state index contributed by atoms with van der Waals surface area (Å²) >= 11 is 0. The number of fused-ring (bicyclic) bond motifs is 4. The lowest BCUT2D eigenvalue weighted by Gasteiger charge is -2.49. The zero-order valence-corrected chi connectivity index (χ0v) is 39.1. The minimum atomic E-state index is -4.79. The van der Waals surface area contributed by atoms with Crippen LogP contribution in [0.4, 0.5) is 34.9 Å². The highest BCUT2D eigenvalue weighted by Gasteiger charge is 2.42. The number of ether oxygens (including phenoxy) is 2. The van der Waals surface area contributed by atoms with Crippen molar-refractivity contribution in [1.29, 1.82) is 0 Å². The first kappa shape index (κ1) is 47.9. The SMILES string of the molecule is CC1(NCCOCCOCCN2CCN(CNc3cccc4c3CN(C3CCC(=O)NC3=O)C4=O)CC2)CN(c2cc3c(F)c(-c4cc(O)ccc4C(F)(F)F)ncc3c(N3CC4CCC(C3)N4)n2)C1. The highest BCUT2D eigenvalue weighted by Crippen LogP contribution is 2.42. The van der Waals surface area contributed by atoms with E-state index in [1.807, 2.05) is 17.0 Å². The number of rotatable bonds is 17. The first-order valence-corrected chi connectivity index (χ1v) is 24.2. The fourth-order valence-electron chi connectivity index (χ4n) is 10.8. The van der Waals surface area contributed by atoms with Crippen LogP contribution in [0.3, 0.4) is 0 Å². The van der Waals surface area contributed by atoms with Crippen molar-refractivity contribution in [3.8, 4) is 17.0 Å². The molecule has 6 aliphatic heterocycles. The average Bonchev–Trinajstić information content (AvgIpc) is 3.85. The van der Waals surface area contributed by atoms with Crippen LogP contribution in [-0.4, -0.2) is 170 Å². The number of imide groups is 1. The van der Waals surface area contributed by atoms with E-state index in [2.05, 4.69) is 47.9 Å². The van der Waals surface area contributed by atoms with E-state index in [4.69, 9.17) is 14.5 Å². The Bertz CT molecular complexity index is 2610. The Morgan fingerprint density at radius 3 is 2.37 bits per heavy atom. The van der Waals surface area contributed by atoms with Gasteiger partial charge in [-0.1, -0.05) is 6.07 Å². The molecular weight excluding hydrogens is 915 g/mol. The number of carbonyl (C=O) groups is 3. The van der Waals surface area contributed by atoms with Crippen LogP contribution in [0.25, 0.3) is 22.0 Å². The topological polar surface area (TPSA) is 180 Å². The van der Waals surface area contributed by atoms with Crippen molar-refractivity contribution in [3.05, 3.63) is 71.2 Å². The van der Waals surface area contributed by atoms with E-state index in [1.165, 1.54) is 6.20 Å². The van der Waals surface area contributed by atoms with Gasteiger partial charge in [-0.2, -0.15) is 13.2 Å². The van der Waals surface area contributed by atoms with Crippen LogP contribution in [0.15, 0.2) is 48.7 Å². The third kappa shape index (κ3) is 10.1. The number of pyridine rings is 2. The highest BCUT2D eigenvalue weighted by atomic mass is 19.4. The van der Waals surface area contributed by atoms with Crippen molar-refractivity contribution in [3.63, 3.8) is 0 Å². The second kappa shape index (κ2) is 19.8. The van der Waals surface area contributed by atoms with Crippen molar-refractivity contribution < 1.29 is 46.5 Å². The summed E-state index contributed by atoms with van der Waals surface area (Å²) in [6.07, 6.45) is -0.810. The summed E-state index contributed by atoms with van der Waals surface area (Å²) in [5, 5.41) is 23.7. The van der Waals surface area contributed by atoms with Crippen LogP contribution in [0.2, 0.25) is 0 Å². The Kier molecular flexibility index (Phi) is 13.6. The molecule has 3 atom stereocenters. The number of aromatic hydroxyl groups is 1. The van der Waals surface area contributed by atoms with Crippen LogP contribution in [0, 0.1) is 5.82 Å².